The quantitative estimate of drug-likeness (QED) is 0.871. The van der Waals surface area contributed by atoms with Gasteiger partial charge >= 0.3 is 0 Å². The molecule has 0 unspecified atom stereocenters. The molecule has 0 aromatic heterocycles. The fourth-order valence-electron chi connectivity index (χ4n) is 2.59. The highest BCUT2D eigenvalue weighted by Gasteiger charge is 2.16. The molecule has 7 heteroatoms. The largest absolute Gasteiger partial charge is 0.326 e. The molecule has 5 nitrogen and oxygen atoms in total. The van der Waals surface area contributed by atoms with Gasteiger partial charge in [0.1, 0.15) is 5.82 Å². The Morgan fingerprint density at radius 1 is 1.04 bits per heavy atom. The third-order valence-corrected chi connectivity index (χ3v) is 5.13. The molecule has 2 N–H and O–H groups in total. The van der Waals surface area contributed by atoms with Gasteiger partial charge in [-0.15, -0.1) is 0 Å². The van der Waals surface area contributed by atoms with Gasteiger partial charge in [0.05, 0.1) is 5.75 Å². The standard InChI is InChI=1S/C17H17FN2O3S/c18-15-5-1-12(2-6-15)11-24(22,23)19-10-13-3-7-16-14(9-13)4-8-17(21)20-16/h1-3,5-7,9,19H,4,8,10-11H2,(H,20,21). The highest BCUT2D eigenvalue weighted by Crippen LogP contribution is 2.23. The molecule has 0 bridgehead atoms. The molecule has 1 aliphatic rings. The normalized spacial score (nSPS) is 14.1. The van der Waals surface area contributed by atoms with E-state index in [1.54, 1.807) is 12.1 Å². The van der Waals surface area contributed by atoms with E-state index in [9.17, 15) is 17.6 Å². The molecule has 24 heavy (non-hydrogen) atoms. The van der Waals surface area contributed by atoms with Crippen molar-refractivity contribution in [2.75, 3.05) is 5.32 Å². The highest BCUT2D eigenvalue weighted by atomic mass is 32.2. The van der Waals surface area contributed by atoms with Crippen molar-refractivity contribution in [3.63, 3.8) is 0 Å². The molecule has 0 spiro atoms. The summed E-state index contributed by atoms with van der Waals surface area (Å²) in [5.41, 5.74) is 3.14. The molecule has 1 amide bonds. The molecule has 0 saturated heterocycles. The number of hydrogen-bond donors (Lipinski definition) is 2. The first-order valence-electron chi connectivity index (χ1n) is 7.55. The van der Waals surface area contributed by atoms with Crippen molar-refractivity contribution in [2.45, 2.75) is 25.1 Å². The highest BCUT2D eigenvalue weighted by molar-refractivity contribution is 7.88. The van der Waals surface area contributed by atoms with Gasteiger partial charge in [0.25, 0.3) is 0 Å². The number of halogens is 1. The van der Waals surface area contributed by atoms with E-state index in [0.29, 0.717) is 18.4 Å². The van der Waals surface area contributed by atoms with Gasteiger partial charge in [0.15, 0.2) is 0 Å². The number of carbonyl (C=O) groups is 1. The van der Waals surface area contributed by atoms with Crippen LogP contribution in [0.15, 0.2) is 42.5 Å². The average Bonchev–Trinajstić information content (AvgIpc) is 2.55. The molecule has 0 atom stereocenters. The first-order chi connectivity index (χ1) is 11.4. The predicted molar refractivity (Wildman–Crippen MR) is 89.3 cm³/mol. The van der Waals surface area contributed by atoms with Crippen molar-refractivity contribution in [2.24, 2.45) is 0 Å². The summed E-state index contributed by atoms with van der Waals surface area (Å²) >= 11 is 0. The van der Waals surface area contributed by atoms with Crippen LogP contribution in [0, 0.1) is 5.82 Å². The molecule has 0 fully saturated rings. The Bertz CT molecular complexity index is 864. The van der Waals surface area contributed by atoms with Crippen LogP contribution in [0.3, 0.4) is 0 Å². The van der Waals surface area contributed by atoms with Gasteiger partial charge in [-0.3, -0.25) is 4.79 Å². The summed E-state index contributed by atoms with van der Waals surface area (Å²) in [6, 6.07) is 10.9. The molecule has 1 aliphatic heterocycles. The fourth-order valence-corrected chi connectivity index (χ4v) is 3.71. The van der Waals surface area contributed by atoms with Gasteiger partial charge in [0.2, 0.25) is 15.9 Å². The average molecular weight is 348 g/mol. The Morgan fingerprint density at radius 3 is 2.50 bits per heavy atom. The number of anilines is 1. The van der Waals surface area contributed by atoms with Gasteiger partial charge in [0, 0.05) is 18.7 Å². The summed E-state index contributed by atoms with van der Waals surface area (Å²) in [7, 11) is -3.52. The fraction of sp³-hybridized carbons (Fsp3) is 0.235. The maximum Gasteiger partial charge on any atom is 0.224 e. The second-order valence-corrected chi connectivity index (χ2v) is 7.55. The number of sulfonamides is 1. The molecule has 0 saturated carbocycles. The maximum absolute atomic E-state index is 12.9. The minimum Gasteiger partial charge on any atom is -0.326 e. The van der Waals surface area contributed by atoms with Gasteiger partial charge in [-0.2, -0.15) is 0 Å². The van der Waals surface area contributed by atoms with E-state index in [1.165, 1.54) is 24.3 Å². The van der Waals surface area contributed by atoms with Crippen molar-refractivity contribution < 1.29 is 17.6 Å². The van der Waals surface area contributed by atoms with Crippen molar-refractivity contribution in [3.8, 4) is 0 Å². The van der Waals surface area contributed by atoms with E-state index in [-0.39, 0.29) is 18.2 Å². The summed E-state index contributed by atoms with van der Waals surface area (Å²) in [5, 5.41) is 2.79. The lowest BCUT2D eigenvalue weighted by molar-refractivity contribution is -0.116. The molecular weight excluding hydrogens is 331 g/mol. The second kappa shape index (κ2) is 6.70. The van der Waals surface area contributed by atoms with E-state index in [1.807, 2.05) is 6.07 Å². The van der Waals surface area contributed by atoms with Gasteiger partial charge in [-0.25, -0.2) is 17.5 Å². The lowest BCUT2D eigenvalue weighted by Gasteiger charge is -2.17. The lowest BCUT2D eigenvalue weighted by atomic mass is 10.0. The first kappa shape index (κ1) is 16.6. The Labute approximate surface area is 139 Å². The molecule has 2 aromatic carbocycles. The van der Waals surface area contributed by atoms with Crippen LogP contribution in [0.4, 0.5) is 10.1 Å². The zero-order valence-corrected chi connectivity index (χ0v) is 13.7. The summed E-state index contributed by atoms with van der Waals surface area (Å²) in [4.78, 5) is 11.3. The summed E-state index contributed by atoms with van der Waals surface area (Å²) in [6.07, 6.45) is 1.09. The minimum atomic E-state index is -3.52. The Hall–Kier alpha value is -2.25. The summed E-state index contributed by atoms with van der Waals surface area (Å²) in [6.45, 7) is 0.171. The lowest BCUT2D eigenvalue weighted by Crippen LogP contribution is -2.25. The molecule has 0 radical (unpaired) electrons. The van der Waals surface area contributed by atoms with E-state index < -0.39 is 15.8 Å². The number of fused-ring (bicyclic) bond motifs is 1. The Morgan fingerprint density at radius 2 is 1.75 bits per heavy atom. The van der Waals surface area contributed by atoms with Crippen LogP contribution in [0.1, 0.15) is 23.1 Å². The van der Waals surface area contributed by atoms with Crippen molar-refractivity contribution in [1.82, 2.24) is 4.72 Å². The molecule has 126 valence electrons. The van der Waals surface area contributed by atoms with Gasteiger partial charge < -0.3 is 5.32 Å². The molecule has 0 aliphatic carbocycles. The Balaban J connectivity index is 1.64. The van der Waals surface area contributed by atoms with Gasteiger partial charge in [-0.05, 0) is 41.3 Å². The molecule has 3 rings (SSSR count). The van der Waals surface area contributed by atoms with Crippen LogP contribution in [-0.4, -0.2) is 14.3 Å². The third-order valence-electron chi connectivity index (χ3n) is 3.83. The van der Waals surface area contributed by atoms with Crippen LogP contribution in [0.2, 0.25) is 0 Å². The van der Waals surface area contributed by atoms with E-state index in [4.69, 9.17) is 0 Å². The smallest absolute Gasteiger partial charge is 0.224 e. The molecule has 2 aromatic rings. The van der Waals surface area contributed by atoms with Crippen molar-refractivity contribution in [1.29, 1.82) is 0 Å². The monoisotopic (exact) mass is 348 g/mol. The van der Waals surface area contributed by atoms with Crippen molar-refractivity contribution in [3.05, 3.63) is 65.0 Å². The third kappa shape index (κ3) is 4.18. The summed E-state index contributed by atoms with van der Waals surface area (Å²) in [5.74, 6) is -0.602. The number of amides is 1. The predicted octanol–water partition coefficient (Wildman–Crippen LogP) is 2.33. The number of aryl methyl sites for hydroxylation is 1. The van der Waals surface area contributed by atoms with Crippen LogP contribution < -0.4 is 10.0 Å². The number of carbonyl (C=O) groups excluding carboxylic acids is 1. The zero-order valence-electron chi connectivity index (χ0n) is 12.9. The van der Waals surface area contributed by atoms with E-state index in [0.717, 1.165) is 16.8 Å². The minimum absolute atomic E-state index is 0.00440. The van der Waals surface area contributed by atoms with Crippen LogP contribution in [0.25, 0.3) is 0 Å². The molecule has 1 heterocycles. The number of benzene rings is 2. The second-order valence-electron chi connectivity index (χ2n) is 5.75. The molecular formula is C17H17FN2O3S. The van der Waals surface area contributed by atoms with E-state index in [2.05, 4.69) is 10.0 Å². The SMILES string of the molecule is O=C1CCc2cc(CNS(=O)(=O)Cc3ccc(F)cc3)ccc2N1. The number of rotatable bonds is 5. The Kier molecular flexibility index (Phi) is 4.64. The zero-order chi connectivity index (χ0) is 17.2. The van der Waals surface area contributed by atoms with Crippen LogP contribution in [-0.2, 0) is 33.5 Å². The number of nitrogens with one attached hydrogen (secondary N) is 2. The number of hydrogen-bond acceptors (Lipinski definition) is 3. The van der Waals surface area contributed by atoms with E-state index >= 15 is 0 Å². The van der Waals surface area contributed by atoms with Crippen LogP contribution in [0.5, 0.6) is 0 Å². The maximum atomic E-state index is 12.9. The van der Waals surface area contributed by atoms with Crippen molar-refractivity contribution >= 4 is 21.6 Å². The van der Waals surface area contributed by atoms with Gasteiger partial charge in [-0.1, -0.05) is 24.3 Å². The summed E-state index contributed by atoms with van der Waals surface area (Å²) < 4.78 is 39.7. The first-order valence-corrected chi connectivity index (χ1v) is 9.20. The van der Waals surface area contributed by atoms with Crippen LogP contribution >= 0.6 is 0 Å². The topological polar surface area (TPSA) is 75.3 Å².